The van der Waals surface area contributed by atoms with Gasteiger partial charge in [0.1, 0.15) is 11.2 Å². The van der Waals surface area contributed by atoms with Gasteiger partial charge < -0.3 is 10.0 Å². The number of nitrogens with zero attached hydrogens (tertiary/aromatic N) is 2. The Kier molecular flexibility index (Phi) is 2.93. The van der Waals surface area contributed by atoms with Crippen molar-refractivity contribution in [2.75, 3.05) is 18.1 Å². The van der Waals surface area contributed by atoms with Crippen molar-refractivity contribution < 1.29 is 13.5 Å². The lowest BCUT2D eigenvalue weighted by molar-refractivity contribution is 0.291. The Labute approximate surface area is 94.1 Å². The molecule has 1 aliphatic heterocycles. The van der Waals surface area contributed by atoms with E-state index in [4.69, 9.17) is 5.11 Å². The van der Waals surface area contributed by atoms with Gasteiger partial charge in [0, 0.05) is 13.2 Å². The maximum atomic E-state index is 11.6. The highest BCUT2D eigenvalue weighted by molar-refractivity contribution is 7.90. The number of para-hydroxylation sites is 1. The first-order valence-corrected chi connectivity index (χ1v) is 6.36. The molecule has 2 rings (SSSR count). The lowest BCUT2D eigenvalue weighted by atomic mass is 10.3. The van der Waals surface area contributed by atoms with Crippen molar-refractivity contribution in [3.05, 3.63) is 24.3 Å². The van der Waals surface area contributed by atoms with Gasteiger partial charge in [-0.15, -0.1) is 4.40 Å². The predicted octanol–water partition coefficient (Wildman–Crippen LogP) is 0.606. The van der Waals surface area contributed by atoms with E-state index in [1.807, 2.05) is 0 Å². The summed E-state index contributed by atoms with van der Waals surface area (Å²) in [5, 5.41) is 8.76. The van der Waals surface area contributed by atoms with E-state index in [9.17, 15) is 8.42 Å². The van der Waals surface area contributed by atoms with Gasteiger partial charge in [0.25, 0.3) is 10.0 Å². The van der Waals surface area contributed by atoms with Gasteiger partial charge in [-0.3, -0.25) is 0 Å². The van der Waals surface area contributed by atoms with Crippen LogP contribution >= 0.6 is 0 Å². The summed E-state index contributed by atoms with van der Waals surface area (Å²) in [6.45, 7) is 0.617. The van der Waals surface area contributed by atoms with Crippen LogP contribution in [0.3, 0.4) is 0 Å². The zero-order valence-electron chi connectivity index (χ0n) is 8.57. The van der Waals surface area contributed by atoms with Crippen LogP contribution in [-0.4, -0.2) is 33.0 Å². The lowest BCUT2D eigenvalue weighted by Crippen LogP contribution is -2.28. The molecule has 0 fully saturated rings. The van der Waals surface area contributed by atoms with Crippen LogP contribution in [0.15, 0.2) is 33.6 Å². The Morgan fingerprint density at radius 3 is 2.81 bits per heavy atom. The van der Waals surface area contributed by atoms with Crippen molar-refractivity contribution in [2.24, 2.45) is 4.40 Å². The topological polar surface area (TPSA) is 70.0 Å². The summed E-state index contributed by atoms with van der Waals surface area (Å²) in [6, 6.07) is 6.71. The average molecular weight is 240 g/mol. The molecule has 0 atom stereocenters. The highest BCUT2D eigenvalue weighted by atomic mass is 32.2. The monoisotopic (exact) mass is 240 g/mol. The normalized spacial score (nSPS) is 17.2. The molecule has 1 aromatic carbocycles. The molecule has 0 aromatic heterocycles. The van der Waals surface area contributed by atoms with Crippen LogP contribution in [0.2, 0.25) is 0 Å². The second-order valence-electron chi connectivity index (χ2n) is 3.43. The van der Waals surface area contributed by atoms with E-state index >= 15 is 0 Å². The van der Waals surface area contributed by atoms with E-state index in [-0.39, 0.29) is 11.5 Å². The summed E-state index contributed by atoms with van der Waals surface area (Å²) >= 11 is 0. The van der Waals surface area contributed by atoms with Crippen molar-refractivity contribution in [1.82, 2.24) is 0 Å². The molecule has 1 N–H and O–H groups in total. The molecule has 0 saturated heterocycles. The van der Waals surface area contributed by atoms with Crippen molar-refractivity contribution in [1.29, 1.82) is 0 Å². The zero-order valence-corrected chi connectivity index (χ0v) is 9.39. The van der Waals surface area contributed by atoms with Crippen LogP contribution in [0.5, 0.6) is 0 Å². The van der Waals surface area contributed by atoms with E-state index in [2.05, 4.69) is 4.40 Å². The maximum absolute atomic E-state index is 11.6. The fourth-order valence-electron chi connectivity index (χ4n) is 1.57. The molecule has 5 nitrogen and oxygen atoms in total. The number of hydrogen-bond donors (Lipinski definition) is 1. The van der Waals surface area contributed by atoms with E-state index in [0.29, 0.717) is 18.7 Å². The minimum absolute atomic E-state index is 0.0687. The Bertz CT molecular complexity index is 511. The zero-order chi connectivity index (χ0) is 11.6. The fraction of sp³-hybridized carbons (Fsp3) is 0.300. The van der Waals surface area contributed by atoms with E-state index in [0.717, 1.165) is 0 Å². The summed E-state index contributed by atoms with van der Waals surface area (Å²) < 4.78 is 26.8. The van der Waals surface area contributed by atoms with Crippen LogP contribution in [0.4, 0.5) is 5.69 Å². The Hall–Kier alpha value is -1.40. The molecule has 0 saturated carbocycles. The third-order valence-corrected chi connectivity index (χ3v) is 3.61. The van der Waals surface area contributed by atoms with Crippen LogP contribution in [-0.2, 0) is 10.0 Å². The Morgan fingerprint density at radius 1 is 1.31 bits per heavy atom. The minimum Gasteiger partial charge on any atom is -0.396 e. The van der Waals surface area contributed by atoms with Gasteiger partial charge in [-0.05, 0) is 18.6 Å². The molecule has 0 unspecified atom stereocenters. The molecular weight excluding hydrogens is 228 g/mol. The Morgan fingerprint density at radius 2 is 2.06 bits per heavy atom. The number of sulfonamides is 1. The van der Waals surface area contributed by atoms with E-state index in [1.54, 1.807) is 23.1 Å². The van der Waals surface area contributed by atoms with Gasteiger partial charge in [-0.2, -0.15) is 8.42 Å². The van der Waals surface area contributed by atoms with Gasteiger partial charge >= 0.3 is 0 Å². The van der Waals surface area contributed by atoms with Gasteiger partial charge in [-0.1, -0.05) is 12.1 Å². The third kappa shape index (κ3) is 1.94. The number of anilines is 1. The van der Waals surface area contributed by atoms with Crippen molar-refractivity contribution in [3.63, 3.8) is 0 Å². The fourth-order valence-corrected chi connectivity index (χ4v) is 2.62. The summed E-state index contributed by atoms with van der Waals surface area (Å²) in [6.07, 6.45) is 1.87. The van der Waals surface area contributed by atoms with Gasteiger partial charge in [0.2, 0.25) is 0 Å². The highest BCUT2D eigenvalue weighted by Gasteiger charge is 2.24. The number of rotatable bonds is 3. The van der Waals surface area contributed by atoms with Crippen LogP contribution in [0.25, 0.3) is 0 Å². The van der Waals surface area contributed by atoms with Crippen molar-refractivity contribution >= 4 is 22.0 Å². The second-order valence-corrected chi connectivity index (χ2v) is 5.04. The van der Waals surface area contributed by atoms with Crippen LogP contribution < -0.4 is 4.90 Å². The molecule has 86 valence electrons. The number of aliphatic hydroxyl groups is 1. The molecule has 0 bridgehead atoms. The van der Waals surface area contributed by atoms with Crippen LogP contribution in [0.1, 0.15) is 6.42 Å². The van der Waals surface area contributed by atoms with E-state index in [1.165, 1.54) is 12.4 Å². The first kappa shape index (κ1) is 11.1. The molecule has 0 aliphatic carbocycles. The highest BCUT2D eigenvalue weighted by Crippen LogP contribution is 2.28. The maximum Gasteiger partial charge on any atom is 0.285 e. The minimum atomic E-state index is -3.53. The number of hydrogen-bond acceptors (Lipinski definition) is 4. The summed E-state index contributed by atoms with van der Waals surface area (Å²) in [7, 11) is -3.53. The lowest BCUT2D eigenvalue weighted by Gasteiger charge is -2.24. The summed E-state index contributed by atoms with van der Waals surface area (Å²) in [5.74, 6) is 0. The number of fused-ring (bicyclic) bond motifs is 1. The van der Waals surface area contributed by atoms with Gasteiger partial charge in [0.05, 0.1) is 5.69 Å². The molecule has 1 aromatic rings. The van der Waals surface area contributed by atoms with E-state index < -0.39 is 10.0 Å². The number of benzene rings is 1. The van der Waals surface area contributed by atoms with Gasteiger partial charge in [0.15, 0.2) is 0 Å². The SMILES string of the molecule is O=S1(=O)N=CN(CCCO)c2ccccc21. The molecular formula is C10H12N2O3S. The van der Waals surface area contributed by atoms with Gasteiger partial charge in [-0.25, -0.2) is 0 Å². The molecule has 0 spiro atoms. The summed E-state index contributed by atoms with van der Waals surface area (Å²) in [4.78, 5) is 1.95. The Balaban J connectivity index is 2.41. The quantitative estimate of drug-likeness (QED) is 0.840. The third-order valence-electron chi connectivity index (χ3n) is 2.34. The predicted molar refractivity (Wildman–Crippen MR) is 61.2 cm³/mol. The van der Waals surface area contributed by atoms with Crippen molar-refractivity contribution in [2.45, 2.75) is 11.3 Å². The first-order valence-electron chi connectivity index (χ1n) is 4.92. The second kappa shape index (κ2) is 4.23. The summed E-state index contributed by atoms with van der Waals surface area (Å²) in [5.41, 5.74) is 0.617. The molecule has 0 radical (unpaired) electrons. The number of aliphatic hydroxyl groups excluding tert-OH is 1. The smallest absolute Gasteiger partial charge is 0.285 e. The average Bonchev–Trinajstić information content (AvgIpc) is 2.29. The molecule has 0 amide bonds. The standard InChI is InChI=1S/C10H12N2O3S/c13-7-3-6-12-8-11-16(14,15)10-5-2-1-4-9(10)12/h1-2,4-5,8,13H,3,6-7H2. The molecule has 1 aliphatic rings. The molecule has 16 heavy (non-hydrogen) atoms. The molecule has 1 heterocycles. The molecule has 6 heteroatoms. The first-order chi connectivity index (χ1) is 7.65. The van der Waals surface area contributed by atoms with Crippen LogP contribution in [0, 0.1) is 0 Å². The largest absolute Gasteiger partial charge is 0.396 e. The van der Waals surface area contributed by atoms with Crippen molar-refractivity contribution in [3.8, 4) is 0 Å².